The zero-order chi connectivity index (χ0) is 20.0. The molecule has 9 heteroatoms. The van der Waals surface area contributed by atoms with Crippen molar-refractivity contribution in [1.82, 2.24) is 0 Å². The number of methoxy groups -OCH3 is 1. The number of hydrogen-bond acceptors (Lipinski definition) is 9. The van der Waals surface area contributed by atoms with Gasteiger partial charge in [-0.2, -0.15) is 0 Å². The van der Waals surface area contributed by atoms with Gasteiger partial charge in [0, 0.05) is 7.04 Å². The van der Waals surface area contributed by atoms with Crippen molar-refractivity contribution in [2.75, 3.05) is 7.04 Å². The smallest absolute Gasteiger partial charge is 0.187 e. The van der Waals surface area contributed by atoms with E-state index in [0.29, 0.717) is 0 Å². The molecule has 0 unspecified atom stereocenters. The molecule has 130 valence electrons. The van der Waals surface area contributed by atoms with Crippen LogP contribution in [0.15, 0.2) is 0 Å². The van der Waals surface area contributed by atoms with Crippen molar-refractivity contribution in [1.29, 1.82) is 0 Å². The van der Waals surface area contributed by atoms with E-state index in [1.54, 1.807) is 0 Å². The summed E-state index contributed by atoms with van der Waals surface area (Å²) in [6, 6.07) is 0. The van der Waals surface area contributed by atoms with E-state index in [-0.39, 0.29) is 0 Å². The molecule has 10 atom stereocenters. The van der Waals surface area contributed by atoms with E-state index in [1.165, 1.54) is 13.8 Å². The lowest BCUT2D eigenvalue weighted by Crippen LogP contribution is -2.63. The Morgan fingerprint density at radius 2 is 1.36 bits per heavy atom. The van der Waals surface area contributed by atoms with E-state index in [2.05, 4.69) is 4.74 Å². The lowest BCUT2D eigenvalue weighted by Gasteiger charge is -2.45. The van der Waals surface area contributed by atoms with Gasteiger partial charge in [0.2, 0.25) is 0 Å². The maximum atomic E-state index is 10.3. The first kappa shape index (κ1) is 13.0. The van der Waals surface area contributed by atoms with Gasteiger partial charge in [-0.05, 0) is 13.8 Å². The van der Waals surface area contributed by atoms with Crippen LogP contribution in [-0.4, -0.2) is 94.0 Å². The lowest BCUT2D eigenvalue weighted by molar-refractivity contribution is -0.359. The molecule has 0 spiro atoms. The second kappa shape index (κ2) is 7.04. The van der Waals surface area contributed by atoms with Gasteiger partial charge in [0.1, 0.15) is 36.6 Å². The molecule has 0 aromatic rings. The number of aliphatic hydroxyl groups is 5. The van der Waals surface area contributed by atoms with Crippen LogP contribution >= 0.6 is 0 Å². The second-order valence-electron chi connectivity index (χ2n) is 5.43. The Morgan fingerprint density at radius 3 is 1.95 bits per heavy atom. The fourth-order valence-corrected chi connectivity index (χ4v) is 2.36. The molecule has 0 aliphatic carbocycles. The topological polar surface area (TPSA) is 138 Å². The Kier molecular flexibility index (Phi) is 4.15. The van der Waals surface area contributed by atoms with Gasteiger partial charge >= 0.3 is 0 Å². The lowest BCUT2D eigenvalue weighted by atomic mass is 9.98. The molecule has 2 fully saturated rings. The largest absolute Gasteiger partial charge is 0.388 e. The Balaban J connectivity index is 2.28. The molecule has 2 saturated heterocycles. The molecule has 22 heavy (non-hydrogen) atoms. The van der Waals surface area contributed by atoms with E-state index >= 15 is 0 Å². The van der Waals surface area contributed by atoms with Gasteiger partial charge in [-0.3, -0.25) is 0 Å². The highest BCUT2D eigenvalue weighted by molar-refractivity contribution is 4.92. The van der Waals surface area contributed by atoms with E-state index in [9.17, 15) is 25.5 Å². The average Bonchev–Trinajstić information content (AvgIpc) is 2.53. The first-order valence-corrected chi connectivity index (χ1v) is 6.85. The highest BCUT2D eigenvalue weighted by Gasteiger charge is 2.49. The Labute approximate surface area is 133 Å². The van der Waals surface area contributed by atoms with Crippen molar-refractivity contribution in [2.45, 2.75) is 75.2 Å². The quantitative estimate of drug-likeness (QED) is 0.375. The van der Waals surface area contributed by atoms with Crippen LogP contribution in [0.2, 0.25) is 0 Å². The van der Waals surface area contributed by atoms with Crippen LogP contribution in [-0.2, 0) is 18.9 Å². The van der Waals surface area contributed by atoms with Crippen molar-refractivity contribution >= 4 is 0 Å². The normalized spacial score (nSPS) is 60.0. The molecular formula is C13H24O9. The van der Waals surface area contributed by atoms with Gasteiger partial charge in [0.05, 0.1) is 17.7 Å². The summed E-state index contributed by atoms with van der Waals surface area (Å²) in [4.78, 5) is 0. The Morgan fingerprint density at radius 1 is 0.818 bits per heavy atom. The molecule has 2 aliphatic rings. The summed E-state index contributed by atoms with van der Waals surface area (Å²) < 4.78 is 50.1. The van der Waals surface area contributed by atoms with Gasteiger partial charge in [0.15, 0.2) is 12.6 Å². The molecular weight excluding hydrogens is 300 g/mol. The number of rotatable bonds is 3. The van der Waals surface area contributed by atoms with E-state index in [4.69, 9.17) is 19.7 Å². The summed E-state index contributed by atoms with van der Waals surface area (Å²) in [5.41, 5.74) is 0. The summed E-state index contributed by atoms with van der Waals surface area (Å²) in [5.74, 6) is 0. The van der Waals surface area contributed by atoms with Crippen LogP contribution in [0.4, 0.5) is 0 Å². The maximum absolute atomic E-state index is 10.3. The van der Waals surface area contributed by atoms with Crippen molar-refractivity contribution < 1.29 is 50.0 Å². The van der Waals surface area contributed by atoms with Crippen LogP contribution in [0.25, 0.3) is 0 Å². The van der Waals surface area contributed by atoms with Crippen LogP contribution in [0.1, 0.15) is 19.3 Å². The van der Waals surface area contributed by atoms with Crippen molar-refractivity contribution in [2.24, 2.45) is 0 Å². The summed E-state index contributed by atoms with van der Waals surface area (Å²) in [7, 11) is -3.02. The second-order valence-corrected chi connectivity index (χ2v) is 5.43. The highest BCUT2D eigenvalue weighted by atomic mass is 16.7. The van der Waals surface area contributed by atoms with Gasteiger partial charge < -0.3 is 44.5 Å². The molecule has 0 amide bonds. The number of hydrogen-bond donors (Lipinski definition) is 5. The predicted molar refractivity (Wildman–Crippen MR) is 70.6 cm³/mol. The summed E-state index contributed by atoms with van der Waals surface area (Å²) in [6.45, 7) is 2.70. The molecule has 0 aromatic carbocycles. The molecule has 2 rings (SSSR count). The van der Waals surface area contributed by atoms with Crippen molar-refractivity contribution in [3.05, 3.63) is 0 Å². The predicted octanol–water partition coefficient (Wildman–Crippen LogP) is -2.69. The standard InChI is InChI=1S/C13H24O9/c1-4-6(14)8(16)10(18)12(20-4)22-11-9(17)7(15)5(2)21-13(11)19-3/h4-18H,1-3H3/t4-,5-,6-,7-,8+,9+,10+,11+,12-,13+/m0/s1/i3D3,11D. The van der Waals surface area contributed by atoms with Gasteiger partial charge in [-0.1, -0.05) is 0 Å². The van der Waals surface area contributed by atoms with Gasteiger partial charge in [0.25, 0.3) is 0 Å². The average molecular weight is 328 g/mol. The summed E-state index contributed by atoms with van der Waals surface area (Å²) in [6.07, 6.45) is -17.1. The van der Waals surface area contributed by atoms with Crippen LogP contribution in [0, 0.1) is 0 Å². The third kappa shape index (κ3) is 3.28. The Hall–Kier alpha value is -0.360. The molecule has 0 saturated carbocycles. The molecule has 0 aromatic heterocycles. The number of aliphatic hydroxyl groups excluding tert-OH is 5. The van der Waals surface area contributed by atoms with Crippen molar-refractivity contribution in [3.63, 3.8) is 0 Å². The zero-order valence-electron chi connectivity index (χ0n) is 16.1. The fourth-order valence-electron chi connectivity index (χ4n) is 2.36. The molecule has 9 nitrogen and oxygen atoms in total. The first-order chi connectivity index (χ1) is 11.8. The van der Waals surface area contributed by atoms with E-state index < -0.39 is 68.4 Å². The van der Waals surface area contributed by atoms with Crippen LogP contribution in [0.3, 0.4) is 0 Å². The minimum Gasteiger partial charge on any atom is -0.388 e. The maximum Gasteiger partial charge on any atom is 0.187 e. The van der Waals surface area contributed by atoms with Crippen LogP contribution in [0.5, 0.6) is 0 Å². The molecule has 0 bridgehead atoms. The zero-order valence-corrected chi connectivity index (χ0v) is 12.1. The third-order valence-corrected chi connectivity index (χ3v) is 3.83. The molecule has 5 N–H and O–H groups in total. The Bertz CT molecular complexity index is 495. The van der Waals surface area contributed by atoms with E-state index in [0.717, 1.165) is 0 Å². The van der Waals surface area contributed by atoms with Crippen molar-refractivity contribution in [3.8, 4) is 0 Å². The minimum atomic E-state index is -3.02. The highest BCUT2D eigenvalue weighted by Crippen LogP contribution is 2.29. The monoisotopic (exact) mass is 328 g/mol. The van der Waals surface area contributed by atoms with Gasteiger partial charge in [-0.25, -0.2) is 0 Å². The number of ether oxygens (including phenoxy) is 4. The molecule has 2 heterocycles. The van der Waals surface area contributed by atoms with E-state index in [1.807, 2.05) is 0 Å². The SMILES string of the molecule is [2H]C([2H])([2H])O[C@@H]1O[C@@H](C)[C@H](O)[C@@H](O)[C@@]1([2H])O[C@@H]1O[C@@H](C)[C@H](O)[C@@H](O)[C@H]1O. The molecule has 0 radical (unpaired) electrons. The summed E-state index contributed by atoms with van der Waals surface area (Å²) in [5, 5.41) is 49.8. The minimum absolute atomic E-state index is 1.01. The molecule has 2 aliphatic heterocycles. The first-order valence-electron chi connectivity index (χ1n) is 8.85. The van der Waals surface area contributed by atoms with Crippen LogP contribution < -0.4 is 0 Å². The third-order valence-electron chi connectivity index (χ3n) is 3.83. The van der Waals surface area contributed by atoms with Gasteiger partial charge in [-0.15, -0.1) is 0 Å². The fraction of sp³-hybridized carbons (Fsp3) is 1.00. The summed E-state index contributed by atoms with van der Waals surface area (Å²) >= 11 is 0.